The van der Waals surface area contributed by atoms with Crippen molar-refractivity contribution in [3.63, 3.8) is 0 Å². The van der Waals surface area contributed by atoms with Crippen LogP contribution in [0, 0.1) is 0 Å². The average Bonchev–Trinajstić information content (AvgIpc) is 3.17. The summed E-state index contributed by atoms with van der Waals surface area (Å²) in [5.74, 6) is 0.165. The molecule has 0 amide bonds. The Hall–Kier alpha value is -2.60. The van der Waals surface area contributed by atoms with Gasteiger partial charge in [0.15, 0.2) is 0 Å². The van der Waals surface area contributed by atoms with Gasteiger partial charge < -0.3 is 19.4 Å². The molecule has 1 aliphatic carbocycles. The number of nitrogens with one attached hydrogen (secondary N) is 1. The van der Waals surface area contributed by atoms with Crippen molar-refractivity contribution in [3.8, 4) is 5.75 Å². The van der Waals surface area contributed by atoms with E-state index in [1.54, 1.807) is 18.6 Å². The van der Waals surface area contributed by atoms with Crippen LogP contribution in [0.4, 0.5) is 0 Å². The molecule has 1 aliphatic rings. The monoisotopic (exact) mass is 353 g/mol. The number of imidazole rings is 1. The molecule has 0 unspecified atom stereocenters. The number of phenols is 1. The maximum Gasteiger partial charge on any atom is 0.339 e. The van der Waals surface area contributed by atoms with Gasteiger partial charge in [0.25, 0.3) is 0 Å². The van der Waals surface area contributed by atoms with Crippen molar-refractivity contribution >= 4 is 11.0 Å². The summed E-state index contributed by atoms with van der Waals surface area (Å²) in [4.78, 5) is 16.4. The van der Waals surface area contributed by atoms with Crippen LogP contribution in [0.2, 0.25) is 0 Å². The van der Waals surface area contributed by atoms with Crippen LogP contribution in [0.15, 0.2) is 40.1 Å². The SMILES string of the molecule is O=c1oc2c(CNCCCn3ccnc3)c(O)ccc2c2c1CCCC2. The summed E-state index contributed by atoms with van der Waals surface area (Å²) in [5.41, 5.74) is 2.85. The summed E-state index contributed by atoms with van der Waals surface area (Å²) >= 11 is 0. The van der Waals surface area contributed by atoms with Crippen molar-refractivity contribution < 1.29 is 9.52 Å². The molecule has 3 aromatic rings. The molecule has 0 saturated carbocycles. The number of benzene rings is 1. The fourth-order valence-corrected chi connectivity index (χ4v) is 3.74. The number of rotatable bonds is 6. The van der Waals surface area contributed by atoms with E-state index in [0.717, 1.165) is 61.7 Å². The first kappa shape index (κ1) is 16.8. The van der Waals surface area contributed by atoms with Gasteiger partial charge in [-0.3, -0.25) is 0 Å². The van der Waals surface area contributed by atoms with E-state index in [1.807, 2.05) is 16.8 Å². The van der Waals surface area contributed by atoms with E-state index < -0.39 is 0 Å². The maximum absolute atomic E-state index is 12.4. The first-order valence-electron chi connectivity index (χ1n) is 9.20. The Morgan fingerprint density at radius 1 is 1.23 bits per heavy atom. The molecule has 136 valence electrons. The van der Waals surface area contributed by atoms with Crippen LogP contribution in [0.5, 0.6) is 5.75 Å². The molecule has 6 heteroatoms. The molecule has 2 N–H and O–H groups in total. The second kappa shape index (κ2) is 7.33. The van der Waals surface area contributed by atoms with Crippen molar-refractivity contribution in [2.45, 2.75) is 45.2 Å². The number of aromatic hydroxyl groups is 1. The lowest BCUT2D eigenvalue weighted by Crippen LogP contribution is -2.19. The highest BCUT2D eigenvalue weighted by Gasteiger charge is 2.20. The van der Waals surface area contributed by atoms with Crippen LogP contribution >= 0.6 is 0 Å². The number of hydrogen-bond acceptors (Lipinski definition) is 5. The van der Waals surface area contributed by atoms with Crippen LogP contribution in [-0.2, 0) is 25.9 Å². The number of fused-ring (bicyclic) bond motifs is 3. The van der Waals surface area contributed by atoms with Crippen LogP contribution in [0.3, 0.4) is 0 Å². The summed E-state index contributed by atoms with van der Waals surface area (Å²) in [7, 11) is 0. The standard InChI is InChI=1S/C20H23N3O3/c24-18-7-6-15-14-4-1-2-5-16(14)20(25)26-19(15)17(18)12-21-8-3-10-23-11-9-22-13-23/h6-7,9,11,13,21,24H,1-5,8,10,12H2. The molecule has 6 nitrogen and oxygen atoms in total. The Kier molecular flexibility index (Phi) is 4.75. The quantitative estimate of drug-likeness (QED) is 0.526. The zero-order valence-electron chi connectivity index (χ0n) is 14.7. The van der Waals surface area contributed by atoms with E-state index in [2.05, 4.69) is 10.3 Å². The molecule has 26 heavy (non-hydrogen) atoms. The van der Waals surface area contributed by atoms with Crippen molar-refractivity contribution in [3.05, 3.63) is 58.0 Å². The third kappa shape index (κ3) is 3.24. The van der Waals surface area contributed by atoms with Crippen LogP contribution in [0.25, 0.3) is 11.0 Å². The van der Waals surface area contributed by atoms with Crippen molar-refractivity contribution in [1.29, 1.82) is 0 Å². The zero-order valence-corrected chi connectivity index (χ0v) is 14.7. The van der Waals surface area contributed by atoms with Crippen molar-refractivity contribution in [2.75, 3.05) is 6.54 Å². The Labute approximate surface area is 151 Å². The normalized spacial score (nSPS) is 13.8. The largest absolute Gasteiger partial charge is 0.507 e. The highest BCUT2D eigenvalue weighted by Crippen LogP contribution is 2.32. The molecule has 1 aromatic carbocycles. The third-order valence-corrected chi connectivity index (χ3v) is 5.10. The van der Waals surface area contributed by atoms with Gasteiger partial charge in [0, 0.05) is 36.4 Å². The first-order chi connectivity index (χ1) is 12.7. The smallest absolute Gasteiger partial charge is 0.339 e. The van der Waals surface area contributed by atoms with Gasteiger partial charge in [-0.05, 0) is 56.3 Å². The van der Waals surface area contributed by atoms with E-state index in [-0.39, 0.29) is 11.4 Å². The van der Waals surface area contributed by atoms with Crippen LogP contribution in [0.1, 0.15) is 36.0 Å². The Balaban J connectivity index is 1.53. The molecule has 0 aliphatic heterocycles. The van der Waals surface area contributed by atoms with Gasteiger partial charge in [-0.25, -0.2) is 9.78 Å². The lowest BCUT2D eigenvalue weighted by atomic mass is 9.90. The minimum atomic E-state index is -0.251. The molecule has 0 fully saturated rings. The van der Waals surface area contributed by atoms with Gasteiger partial charge in [0.05, 0.1) is 11.9 Å². The fraction of sp³-hybridized carbons (Fsp3) is 0.400. The minimum absolute atomic E-state index is 0.165. The second-order valence-corrected chi connectivity index (χ2v) is 6.82. The summed E-state index contributed by atoms with van der Waals surface area (Å²) in [6.45, 7) is 2.15. The van der Waals surface area contributed by atoms with Gasteiger partial charge in [-0.2, -0.15) is 0 Å². The summed E-state index contributed by atoms with van der Waals surface area (Å²) in [6, 6.07) is 3.58. The van der Waals surface area contributed by atoms with Crippen molar-refractivity contribution in [1.82, 2.24) is 14.9 Å². The van der Waals surface area contributed by atoms with E-state index in [9.17, 15) is 9.90 Å². The summed E-state index contributed by atoms with van der Waals surface area (Å²) < 4.78 is 7.65. The molecule has 0 radical (unpaired) electrons. The third-order valence-electron chi connectivity index (χ3n) is 5.10. The van der Waals surface area contributed by atoms with Crippen molar-refractivity contribution in [2.24, 2.45) is 0 Å². The molecule has 0 atom stereocenters. The second-order valence-electron chi connectivity index (χ2n) is 6.82. The predicted molar refractivity (Wildman–Crippen MR) is 99.3 cm³/mol. The zero-order chi connectivity index (χ0) is 17.9. The van der Waals surface area contributed by atoms with Crippen LogP contribution < -0.4 is 10.9 Å². The fourth-order valence-electron chi connectivity index (χ4n) is 3.74. The highest BCUT2D eigenvalue weighted by molar-refractivity contribution is 5.86. The highest BCUT2D eigenvalue weighted by atomic mass is 16.4. The molecule has 2 heterocycles. The topological polar surface area (TPSA) is 80.3 Å². The molecule has 0 spiro atoms. The average molecular weight is 353 g/mol. The molecule has 2 aromatic heterocycles. The van der Waals surface area contributed by atoms with Gasteiger partial charge >= 0.3 is 5.63 Å². The number of hydrogen-bond donors (Lipinski definition) is 2. The predicted octanol–water partition coefficient (Wildman–Crippen LogP) is 2.75. The molecule has 0 bridgehead atoms. The van der Waals surface area contributed by atoms with E-state index in [1.165, 1.54) is 0 Å². The Bertz CT molecular complexity index is 961. The van der Waals surface area contributed by atoms with Gasteiger partial charge in [0.1, 0.15) is 11.3 Å². The molecule has 4 rings (SSSR count). The van der Waals surface area contributed by atoms with E-state index >= 15 is 0 Å². The summed E-state index contributed by atoms with van der Waals surface area (Å²) in [6.07, 6.45) is 10.3. The minimum Gasteiger partial charge on any atom is -0.507 e. The molecule has 0 saturated heterocycles. The number of aromatic nitrogens is 2. The Morgan fingerprint density at radius 3 is 2.88 bits per heavy atom. The lowest BCUT2D eigenvalue weighted by molar-refractivity contribution is 0.458. The number of nitrogens with zero attached hydrogens (tertiary/aromatic N) is 2. The van der Waals surface area contributed by atoms with Gasteiger partial charge in [0.2, 0.25) is 0 Å². The van der Waals surface area contributed by atoms with E-state index in [4.69, 9.17) is 4.42 Å². The van der Waals surface area contributed by atoms with Gasteiger partial charge in [-0.15, -0.1) is 0 Å². The lowest BCUT2D eigenvalue weighted by Gasteiger charge is -2.18. The summed E-state index contributed by atoms with van der Waals surface area (Å²) in [5, 5.41) is 14.6. The molecular formula is C20H23N3O3. The maximum atomic E-state index is 12.4. The first-order valence-corrected chi connectivity index (χ1v) is 9.20. The van der Waals surface area contributed by atoms with Gasteiger partial charge in [-0.1, -0.05) is 0 Å². The van der Waals surface area contributed by atoms with E-state index in [0.29, 0.717) is 17.7 Å². The number of aryl methyl sites for hydroxylation is 2. The Morgan fingerprint density at radius 2 is 2.08 bits per heavy atom. The molecular weight excluding hydrogens is 330 g/mol. The number of phenolic OH excluding ortho intramolecular Hbond substituents is 1. The van der Waals surface area contributed by atoms with Crippen LogP contribution in [-0.4, -0.2) is 21.2 Å².